The summed E-state index contributed by atoms with van der Waals surface area (Å²) in [7, 11) is 0. The van der Waals surface area contributed by atoms with Gasteiger partial charge in [0.15, 0.2) is 6.61 Å². The molecule has 13 heavy (non-hydrogen) atoms. The fourth-order valence-corrected chi connectivity index (χ4v) is 1.22. The van der Waals surface area contributed by atoms with Crippen molar-refractivity contribution in [3.05, 3.63) is 0 Å². The Morgan fingerprint density at radius 3 is 2.92 bits per heavy atom. The van der Waals surface area contributed by atoms with Gasteiger partial charge in [0.2, 0.25) is 0 Å². The molecular weight excluding hydrogens is 172 g/mol. The summed E-state index contributed by atoms with van der Waals surface area (Å²) in [6.45, 7) is 0.460. The summed E-state index contributed by atoms with van der Waals surface area (Å²) < 4.78 is 4.65. The minimum Gasteiger partial charge on any atom is -0.454 e. The van der Waals surface area contributed by atoms with Gasteiger partial charge in [0, 0.05) is 0 Å². The molecule has 1 rings (SSSR count). The van der Waals surface area contributed by atoms with E-state index in [-0.39, 0.29) is 18.5 Å². The first-order chi connectivity index (χ1) is 6.24. The Bertz CT molecular complexity index is 206. The fraction of sp³-hybridized carbons (Fsp3) is 0.750. The highest BCUT2D eigenvalue weighted by molar-refractivity contribution is 5.90. The van der Waals surface area contributed by atoms with Gasteiger partial charge in [-0.15, -0.1) is 0 Å². The molecule has 1 atom stereocenters. The van der Waals surface area contributed by atoms with Crippen molar-refractivity contribution < 1.29 is 14.3 Å². The molecule has 5 nitrogen and oxygen atoms in total. The Morgan fingerprint density at radius 2 is 2.23 bits per heavy atom. The van der Waals surface area contributed by atoms with Crippen molar-refractivity contribution in [1.29, 1.82) is 0 Å². The molecule has 1 aliphatic rings. The van der Waals surface area contributed by atoms with Crippen LogP contribution in [0.1, 0.15) is 19.3 Å². The number of carbonyl (C=O) groups excluding carboxylic acids is 2. The Kier molecular flexibility index (Phi) is 3.70. The molecule has 0 bridgehead atoms. The Labute approximate surface area is 76.6 Å². The van der Waals surface area contributed by atoms with Crippen LogP contribution in [0.3, 0.4) is 0 Å². The van der Waals surface area contributed by atoms with E-state index in [0.29, 0.717) is 13.0 Å². The third-order valence-electron chi connectivity index (χ3n) is 1.91. The molecule has 0 aromatic heterocycles. The zero-order valence-electron chi connectivity index (χ0n) is 7.41. The van der Waals surface area contributed by atoms with Crippen molar-refractivity contribution in [2.24, 2.45) is 5.73 Å². The molecule has 74 valence electrons. The molecule has 0 aromatic carbocycles. The lowest BCUT2D eigenvalue weighted by atomic mass is 10.1. The molecule has 0 aromatic rings. The lowest BCUT2D eigenvalue weighted by Gasteiger charge is -2.21. The van der Waals surface area contributed by atoms with Crippen LogP contribution in [0.5, 0.6) is 0 Å². The first-order valence-electron chi connectivity index (χ1n) is 4.40. The summed E-state index contributed by atoms with van der Waals surface area (Å²) in [5.41, 5.74) is 5.30. The lowest BCUT2D eigenvalue weighted by Crippen LogP contribution is -2.49. The molecule has 1 amide bonds. The van der Waals surface area contributed by atoms with Crippen molar-refractivity contribution in [1.82, 2.24) is 5.32 Å². The number of amides is 1. The van der Waals surface area contributed by atoms with Gasteiger partial charge in [-0.3, -0.25) is 4.79 Å². The van der Waals surface area contributed by atoms with Gasteiger partial charge in [0.1, 0.15) is 6.04 Å². The summed E-state index contributed by atoms with van der Waals surface area (Å²) in [6, 6.07) is -0.465. The largest absolute Gasteiger partial charge is 0.454 e. The van der Waals surface area contributed by atoms with Crippen LogP contribution >= 0.6 is 0 Å². The highest BCUT2D eigenvalue weighted by Crippen LogP contribution is 2.05. The van der Waals surface area contributed by atoms with Gasteiger partial charge < -0.3 is 15.8 Å². The molecule has 3 N–H and O–H groups in total. The number of ether oxygens (including phenoxy) is 1. The van der Waals surface area contributed by atoms with E-state index in [2.05, 4.69) is 10.1 Å². The zero-order valence-corrected chi connectivity index (χ0v) is 7.41. The van der Waals surface area contributed by atoms with E-state index in [1.165, 1.54) is 0 Å². The van der Waals surface area contributed by atoms with Gasteiger partial charge in [-0.2, -0.15) is 0 Å². The minimum absolute atomic E-state index is 0.147. The summed E-state index contributed by atoms with van der Waals surface area (Å²) in [6.07, 6.45) is 2.30. The Balaban J connectivity index is 2.29. The number of esters is 1. The number of nitrogens with one attached hydrogen (secondary N) is 1. The van der Waals surface area contributed by atoms with E-state index >= 15 is 0 Å². The smallest absolute Gasteiger partial charge is 0.329 e. The van der Waals surface area contributed by atoms with Crippen LogP contribution in [0.4, 0.5) is 0 Å². The van der Waals surface area contributed by atoms with Crippen molar-refractivity contribution in [2.75, 3.05) is 13.2 Å². The van der Waals surface area contributed by atoms with Crippen LogP contribution in [0.2, 0.25) is 0 Å². The van der Waals surface area contributed by atoms with Crippen molar-refractivity contribution >= 4 is 11.9 Å². The lowest BCUT2D eigenvalue weighted by molar-refractivity contribution is -0.157. The number of nitrogens with two attached hydrogens (primary N) is 1. The molecule has 0 spiro atoms. The van der Waals surface area contributed by atoms with Gasteiger partial charge >= 0.3 is 5.97 Å². The van der Waals surface area contributed by atoms with Crippen LogP contribution < -0.4 is 11.1 Å². The molecule has 0 saturated carbocycles. The topological polar surface area (TPSA) is 81.4 Å². The summed E-state index contributed by atoms with van der Waals surface area (Å²) >= 11 is 0. The minimum atomic E-state index is -0.465. The second kappa shape index (κ2) is 4.81. The van der Waals surface area contributed by atoms with Crippen LogP contribution in [0, 0.1) is 0 Å². The van der Waals surface area contributed by atoms with E-state index in [4.69, 9.17) is 5.73 Å². The van der Waals surface area contributed by atoms with Crippen LogP contribution in [0.25, 0.3) is 0 Å². The average Bonchev–Trinajstić information content (AvgIpc) is 2.11. The van der Waals surface area contributed by atoms with Gasteiger partial charge in [0.25, 0.3) is 5.91 Å². The molecule has 1 aliphatic heterocycles. The number of hydrogen-bond donors (Lipinski definition) is 2. The summed E-state index contributed by atoms with van der Waals surface area (Å²) in [5.74, 6) is -0.561. The average molecular weight is 186 g/mol. The van der Waals surface area contributed by atoms with E-state index in [9.17, 15) is 9.59 Å². The molecule has 0 aliphatic carbocycles. The number of unbranched alkanes of at least 4 members (excludes halogenated alkanes) is 1. The normalized spacial score (nSPS) is 22.4. The van der Waals surface area contributed by atoms with Gasteiger partial charge in [-0.25, -0.2) is 4.79 Å². The molecule has 1 heterocycles. The van der Waals surface area contributed by atoms with Crippen molar-refractivity contribution in [3.8, 4) is 0 Å². The third-order valence-corrected chi connectivity index (χ3v) is 1.91. The van der Waals surface area contributed by atoms with E-state index < -0.39 is 6.04 Å². The SMILES string of the molecule is NCCCCC1NC(=O)COC1=O. The maximum absolute atomic E-state index is 11.1. The molecule has 1 saturated heterocycles. The maximum Gasteiger partial charge on any atom is 0.329 e. The second-order valence-corrected chi connectivity index (χ2v) is 3.01. The fourth-order valence-electron chi connectivity index (χ4n) is 1.22. The van der Waals surface area contributed by atoms with Crippen LogP contribution in [-0.2, 0) is 14.3 Å². The highest BCUT2D eigenvalue weighted by Gasteiger charge is 2.26. The zero-order chi connectivity index (χ0) is 9.68. The Hall–Kier alpha value is -1.10. The van der Waals surface area contributed by atoms with E-state index in [1.807, 2.05) is 0 Å². The molecular formula is C8H14N2O3. The predicted octanol–water partition coefficient (Wildman–Crippen LogP) is -0.843. The maximum atomic E-state index is 11.1. The quantitative estimate of drug-likeness (QED) is 0.443. The summed E-state index contributed by atoms with van der Waals surface area (Å²) in [4.78, 5) is 21.9. The Morgan fingerprint density at radius 1 is 1.46 bits per heavy atom. The van der Waals surface area contributed by atoms with Crippen LogP contribution in [-0.4, -0.2) is 31.1 Å². The number of rotatable bonds is 4. The number of carbonyl (C=O) groups is 2. The number of cyclic esters (lactones) is 1. The standard InChI is InChI=1S/C8H14N2O3/c9-4-2-1-3-6-8(12)13-5-7(11)10-6/h6H,1-5,9H2,(H,10,11). The number of hydrogen-bond acceptors (Lipinski definition) is 4. The first-order valence-corrected chi connectivity index (χ1v) is 4.40. The van der Waals surface area contributed by atoms with Crippen molar-refractivity contribution in [2.45, 2.75) is 25.3 Å². The molecule has 5 heteroatoms. The molecule has 0 radical (unpaired) electrons. The van der Waals surface area contributed by atoms with E-state index in [0.717, 1.165) is 12.8 Å². The van der Waals surface area contributed by atoms with Crippen LogP contribution in [0.15, 0.2) is 0 Å². The van der Waals surface area contributed by atoms with Gasteiger partial charge in [-0.05, 0) is 25.8 Å². The predicted molar refractivity (Wildman–Crippen MR) is 45.8 cm³/mol. The first kappa shape index (κ1) is 9.98. The monoisotopic (exact) mass is 186 g/mol. The summed E-state index contributed by atoms with van der Waals surface area (Å²) in [5, 5.41) is 2.57. The van der Waals surface area contributed by atoms with E-state index in [1.54, 1.807) is 0 Å². The second-order valence-electron chi connectivity index (χ2n) is 3.01. The molecule has 1 fully saturated rings. The van der Waals surface area contributed by atoms with Gasteiger partial charge in [-0.1, -0.05) is 0 Å². The van der Waals surface area contributed by atoms with Crippen molar-refractivity contribution in [3.63, 3.8) is 0 Å². The van der Waals surface area contributed by atoms with Gasteiger partial charge in [0.05, 0.1) is 0 Å². The number of morpholine rings is 1. The highest BCUT2D eigenvalue weighted by atomic mass is 16.5. The third kappa shape index (κ3) is 3.02. The molecule has 1 unspecified atom stereocenters.